The molecule has 2 rings (SSSR count). The Labute approximate surface area is 183 Å². The van der Waals surface area contributed by atoms with Gasteiger partial charge in [0.2, 0.25) is 10.0 Å². The second-order valence-corrected chi connectivity index (χ2v) is 9.72. The van der Waals surface area contributed by atoms with Crippen molar-refractivity contribution in [1.29, 1.82) is 0 Å². The number of anilines is 1. The smallest absolute Gasteiger partial charge is 0.261 e. The lowest BCUT2D eigenvalue weighted by Gasteiger charge is -2.20. The summed E-state index contributed by atoms with van der Waals surface area (Å²) in [6, 6.07) is 13.0. The molecular formula is C21H27N3O4S2. The second-order valence-electron chi connectivity index (χ2n) is 7.63. The van der Waals surface area contributed by atoms with Crippen LogP contribution in [-0.2, 0) is 10.0 Å². The first-order chi connectivity index (χ1) is 14.0. The van der Waals surface area contributed by atoms with E-state index in [9.17, 15) is 13.2 Å². The number of rotatable bonds is 7. The van der Waals surface area contributed by atoms with Crippen LogP contribution < -0.4 is 20.1 Å². The maximum absolute atomic E-state index is 12.5. The fourth-order valence-electron chi connectivity index (χ4n) is 2.50. The van der Waals surface area contributed by atoms with Crippen LogP contribution in [-0.4, -0.2) is 31.6 Å². The number of benzene rings is 2. The van der Waals surface area contributed by atoms with E-state index >= 15 is 0 Å². The van der Waals surface area contributed by atoms with Crippen molar-refractivity contribution in [3.05, 3.63) is 54.1 Å². The Morgan fingerprint density at radius 1 is 1.07 bits per heavy atom. The van der Waals surface area contributed by atoms with Gasteiger partial charge in [-0.1, -0.05) is 19.1 Å². The van der Waals surface area contributed by atoms with E-state index in [0.29, 0.717) is 23.6 Å². The molecule has 0 radical (unpaired) electrons. The van der Waals surface area contributed by atoms with Gasteiger partial charge in [-0.2, -0.15) is 0 Å². The summed E-state index contributed by atoms with van der Waals surface area (Å²) in [5, 5.41) is 5.58. The van der Waals surface area contributed by atoms with Crippen LogP contribution in [0.1, 0.15) is 44.5 Å². The van der Waals surface area contributed by atoms with Gasteiger partial charge in [-0.15, -0.1) is 0 Å². The molecule has 1 amide bonds. The summed E-state index contributed by atoms with van der Waals surface area (Å²) in [5.41, 5.74) is 0.342. The van der Waals surface area contributed by atoms with Crippen molar-refractivity contribution in [1.82, 2.24) is 10.0 Å². The molecule has 0 aliphatic heterocycles. The Hall–Kier alpha value is -2.49. The van der Waals surface area contributed by atoms with Gasteiger partial charge >= 0.3 is 0 Å². The number of amides is 1. The summed E-state index contributed by atoms with van der Waals surface area (Å²) in [5.74, 6) is 0.0911. The molecule has 0 saturated carbocycles. The Balaban J connectivity index is 2.03. The van der Waals surface area contributed by atoms with Gasteiger partial charge in [0.15, 0.2) is 5.11 Å². The Morgan fingerprint density at radius 2 is 1.70 bits per heavy atom. The molecule has 0 aromatic heterocycles. The first-order valence-corrected chi connectivity index (χ1v) is 11.4. The van der Waals surface area contributed by atoms with Crippen LogP contribution in [0.25, 0.3) is 0 Å². The molecule has 9 heteroatoms. The summed E-state index contributed by atoms with van der Waals surface area (Å²) in [6.45, 7) is 7.80. The van der Waals surface area contributed by atoms with E-state index in [-0.39, 0.29) is 10.0 Å². The Bertz CT molecular complexity index is 998. The average Bonchev–Trinajstić information content (AvgIpc) is 2.65. The maximum Gasteiger partial charge on any atom is 0.261 e. The molecule has 0 aliphatic rings. The van der Waals surface area contributed by atoms with Gasteiger partial charge in [0.25, 0.3) is 5.91 Å². The van der Waals surface area contributed by atoms with Gasteiger partial charge in [0, 0.05) is 11.2 Å². The molecule has 7 nitrogen and oxygen atoms in total. The second kappa shape index (κ2) is 10.0. The molecule has 2 aromatic carbocycles. The van der Waals surface area contributed by atoms with Crippen LogP contribution in [0, 0.1) is 0 Å². The standard InChI is InChI=1S/C21H27N3O4S2/c1-5-14-28-18-9-7-6-8-17(18)19(25)23-20(29)22-15-10-12-16(13-11-15)30(26,27)24-21(2,3)4/h6-13,24H,5,14H2,1-4H3,(H2,22,23,25,29). The van der Waals surface area contributed by atoms with Crippen LogP contribution in [0.15, 0.2) is 53.4 Å². The Kier molecular flexibility index (Phi) is 7.94. The van der Waals surface area contributed by atoms with E-state index in [1.165, 1.54) is 12.1 Å². The zero-order valence-electron chi connectivity index (χ0n) is 17.5. The fraction of sp³-hybridized carbons (Fsp3) is 0.333. The lowest BCUT2D eigenvalue weighted by atomic mass is 10.1. The summed E-state index contributed by atoms with van der Waals surface area (Å²) in [6.07, 6.45) is 0.826. The van der Waals surface area contributed by atoms with Gasteiger partial charge in [-0.05, 0) is 75.8 Å². The molecule has 162 valence electrons. The first kappa shape index (κ1) is 23.8. The van der Waals surface area contributed by atoms with Gasteiger partial charge in [0.1, 0.15) is 5.75 Å². The number of ether oxygens (including phenoxy) is 1. The van der Waals surface area contributed by atoms with E-state index in [2.05, 4.69) is 15.4 Å². The predicted octanol–water partition coefficient (Wildman–Crippen LogP) is 3.68. The third kappa shape index (κ3) is 7.08. The number of thiocarbonyl (C=S) groups is 1. The monoisotopic (exact) mass is 449 g/mol. The van der Waals surface area contributed by atoms with Crippen molar-refractivity contribution < 1.29 is 17.9 Å². The van der Waals surface area contributed by atoms with Crippen LogP contribution in [0.4, 0.5) is 5.69 Å². The summed E-state index contributed by atoms with van der Waals surface area (Å²) >= 11 is 5.21. The highest BCUT2D eigenvalue weighted by molar-refractivity contribution is 7.89. The zero-order valence-corrected chi connectivity index (χ0v) is 19.1. The number of carbonyl (C=O) groups is 1. The number of para-hydroxylation sites is 1. The predicted molar refractivity (Wildman–Crippen MR) is 122 cm³/mol. The summed E-state index contributed by atoms with van der Waals surface area (Å²) < 4.78 is 32.9. The van der Waals surface area contributed by atoms with Crippen molar-refractivity contribution in [3.63, 3.8) is 0 Å². The highest BCUT2D eigenvalue weighted by Gasteiger charge is 2.21. The fourth-order valence-corrected chi connectivity index (χ4v) is 4.13. The van der Waals surface area contributed by atoms with E-state index in [0.717, 1.165) is 6.42 Å². The van der Waals surface area contributed by atoms with Crippen molar-refractivity contribution in [2.24, 2.45) is 0 Å². The number of carbonyl (C=O) groups excluding carboxylic acids is 1. The first-order valence-electron chi connectivity index (χ1n) is 9.50. The molecule has 3 N–H and O–H groups in total. The van der Waals surface area contributed by atoms with Gasteiger partial charge in [-0.3, -0.25) is 10.1 Å². The average molecular weight is 450 g/mol. The van der Waals surface area contributed by atoms with Gasteiger partial charge in [-0.25, -0.2) is 13.1 Å². The van der Waals surface area contributed by atoms with Crippen LogP contribution in [0.5, 0.6) is 5.75 Å². The third-order valence-corrected chi connectivity index (χ3v) is 5.66. The Morgan fingerprint density at radius 3 is 2.30 bits per heavy atom. The molecule has 0 atom stereocenters. The maximum atomic E-state index is 12.5. The molecule has 2 aromatic rings. The lowest BCUT2D eigenvalue weighted by molar-refractivity contribution is 0.0973. The van der Waals surface area contributed by atoms with E-state index in [1.807, 2.05) is 6.92 Å². The molecule has 0 unspecified atom stereocenters. The number of nitrogens with one attached hydrogen (secondary N) is 3. The van der Waals surface area contributed by atoms with Gasteiger partial charge < -0.3 is 10.1 Å². The quantitative estimate of drug-likeness (QED) is 0.558. The molecule has 0 saturated heterocycles. The lowest BCUT2D eigenvalue weighted by Crippen LogP contribution is -2.40. The molecule has 0 heterocycles. The van der Waals surface area contributed by atoms with Gasteiger partial charge in [0.05, 0.1) is 17.1 Å². The highest BCUT2D eigenvalue weighted by atomic mass is 32.2. The molecule has 30 heavy (non-hydrogen) atoms. The van der Waals surface area contributed by atoms with Crippen LogP contribution in [0.3, 0.4) is 0 Å². The molecule has 0 fully saturated rings. The van der Waals surface area contributed by atoms with E-state index in [1.54, 1.807) is 57.2 Å². The topological polar surface area (TPSA) is 96.5 Å². The molecular weight excluding hydrogens is 422 g/mol. The number of hydrogen-bond acceptors (Lipinski definition) is 5. The zero-order chi connectivity index (χ0) is 22.4. The summed E-state index contributed by atoms with van der Waals surface area (Å²) in [4.78, 5) is 12.7. The minimum atomic E-state index is -3.63. The van der Waals surface area contributed by atoms with Crippen molar-refractivity contribution in [3.8, 4) is 5.75 Å². The molecule has 0 bridgehead atoms. The minimum Gasteiger partial charge on any atom is -0.493 e. The summed E-state index contributed by atoms with van der Waals surface area (Å²) in [7, 11) is -3.63. The number of sulfonamides is 1. The third-order valence-electron chi connectivity index (χ3n) is 3.68. The van der Waals surface area contributed by atoms with Crippen molar-refractivity contribution in [2.75, 3.05) is 11.9 Å². The number of hydrogen-bond donors (Lipinski definition) is 3. The largest absolute Gasteiger partial charge is 0.493 e. The molecule has 0 aliphatic carbocycles. The van der Waals surface area contributed by atoms with E-state index < -0.39 is 21.5 Å². The normalized spacial score (nSPS) is 11.6. The van der Waals surface area contributed by atoms with Crippen LogP contribution >= 0.6 is 12.2 Å². The highest BCUT2D eigenvalue weighted by Crippen LogP contribution is 2.19. The van der Waals surface area contributed by atoms with E-state index in [4.69, 9.17) is 17.0 Å². The van der Waals surface area contributed by atoms with Crippen molar-refractivity contribution in [2.45, 2.75) is 44.6 Å². The minimum absolute atomic E-state index is 0.0914. The SMILES string of the molecule is CCCOc1ccccc1C(=O)NC(=S)Nc1ccc(S(=O)(=O)NC(C)(C)C)cc1. The van der Waals surface area contributed by atoms with Crippen LogP contribution in [0.2, 0.25) is 0 Å². The van der Waals surface area contributed by atoms with Crippen molar-refractivity contribution >= 4 is 38.9 Å². The molecule has 0 spiro atoms.